The average molecular weight is 312 g/mol. The molecule has 1 fully saturated rings. The van der Waals surface area contributed by atoms with Gasteiger partial charge in [0.2, 0.25) is 10.0 Å². The van der Waals surface area contributed by atoms with E-state index in [2.05, 4.69) is 0 Å². The highest BCUT2D eigenvalue weighted by atomic mass is 32.2. The summed E-state index contributed by atoms with van der Waals surface area (Å²) in [5.74, 6) is -2.10. The normalized spacial score (nSPS) is 20.3. The Bertz CT molecular complexity index is 641. The molecule has 116 valence electrons. The molecule has 1 aromatic rings. The van der Waals surface area contributed by atoms with Gasteiger partial charge in [-0.05, 0) is 31.4 Å². The van der Waals surface area contributed by atoms with Crippen LogP contribution in [-0.2, 0) is 10.0 Å². The number of carboxylic acid groups (broad SMARTS) is 1. The van der Waals surface area contributed by atoms with Gasteiger partial charge in [-0.2, -0.15) is 4.31 Å². The van der Waals surface area contributed by atoms with E-state index in [0.717, 1.165) is 31.4 Å². The maximum atomic E-state index is 12.7. The monoisotopic (exact) mass is 312 g/mol. The molecule has 0 aromatic heterocycles. The van der Waals surface area contributed by atoms with Crippen LogP contribution in [0.2, 0.25) is 0 Å². The molecule has 0 unspecified atom stereocenters. The number of nitrogens with zero attached hydrogens (tertiary/aromatic N) is 1. The van der Waals surface area contributed by atoms with Gasteiger partial charge in [0.1, 0.15) is 0 Å². The Hall–Kier alpha value is -1.60. The Morgan fingerprint density at radius 1 is 1.43 bits per heavy atom. The van der Waals surface area contributed by atoms with Crippen molar-refractivity contribution in [3.8, 4) is 5.75 Å². The Morgan fingerprint density at radius 3 is 2.76 bits per heavy atom. The van der Waals surface area contributed by atoms with Gasteiger partial charge in [-0.25, -0.2) is 13.2 Å². The summed E-state index contributed by atoms with van der Waals surface area (Å²) in [4.78, 5) is 10.9. The van der Waals surface area contributed by atoms with E-state index in [-0.39, 0.29) is 10.9 Å². The number of sulfonamides is 1. The summed E-state index contributed by atoms with van der Waals surface area (Å²) in [6, 6.07) is 3.08. The third-order valence-corrected chi connectivity index (χ3v) is 5.78. The lowest BCUT2D eigenvalue weighted by molar-refractivity contribution is -0.268. The summed E-state index contributed by atoms with van der Waals surface area (Å²) in [5.41, 5.74) is -0.513. The molecule has 1 aliphatic rings. The van der Waals surface area contributed by atoms with Crippen molar-refractivity contribution in [2.75, 3.05) is 6.54 Å². The van der Waals surface area contributed by atoms with Crippen LogP contribution in [-0.4, -0.2) is 36.4 Å². The molecule has 0 aliphatic carbocycles. The molecular formula is C14H18NO5S-. The van der Waals surface area contributed by atoms with Crippen LogP contribution in [0.3, 0.4) is 0 Å². The third-order valence-electron chi connectivity index (χ3n) is 3.83. The molecule has 1 aromatic carbocycles. The third kappa shape index (κ3) is 3.03. The minimum atomic E-state index is -3.76. The molecule has 2 rings (SSSR count). The van der Waals surface area contributed by atoms with Gasteiger partial charge >= 0.3 is 5.97 Å². The fourth-order valence-electron chi connectivity index (χ4n) is 2.67. The van der Waals surface area contributed by atoms with E-state index in [1.807, 2.05) is 6.92 Å². The maximum absolute atomic E-state index is 12.7. The molecule has 1 aliphatic heterocycles. The van der Waals surface area contributed by atoms with Crippen molar-refractivity contribution in [1.82, 2.24) is 4.31 Å². The lowest BCUT2D eigenvalue weighted by Crippen LogP contribution is -2.43. The molecule has 7 heteroatoms. The summed E-state index contributed by atoms with van der Waals surface area (Å²) >= 11 is 0. The second-order valence-electron chi connectivity index (χ2n) is 5.14. The van der Waals surface area contributed by atoms with Crippen molar-refractivity contribution < 1.29 is 23.4 Å². The zero-order chi connectivity index (χ0) is 15.6. The molecular weight excluding hydrogens is 294 g/mol. The Kier molecular flexibility index (Phi) is 4.53. The zero-order valence-corrected chi connectivity index (χ0v) is 12.6. The Labute approximate surface area is 124 Å². The van der Waals surface area contributed by atoms with E-state index in [9.17, 15) is 18.3 Å². The number of rotatable bonds is 4. The second kappa shape index (κ2) is 6.03. The Balaban J connectivity index is 2.43. The summed E-state index contributed by atoms with van der Waals surface area (Å²) in [7, 11) is -3.76. The van der Waals surface area contributed by atoms with Gasteiger partial charge < -0.3 is 10.2 Å². The summed E-state index contributed by atoms with van der Waals surface area (Å²) in [6.07, 6.45) is 3.30. The van der Waals surface area contributed by atoms with Crippen molar-refractivity contribution in [2.45, 2.75) is 43.5 Å². The Morgan fingerprint density at radius 2 is 2.14 bits per heavy atom. The van der Waals surface area contributed by atoms with Gasteiger partial charge in [0, 0.05) is 12.6 Å². The number of aromatic carboxylic acids is 1. The summed E-state index contributed by atoms with van der Waals surface area (Å²) < 4.78 is 26.8. The molecule has 21 heavy (non-hydrogen) atoms. The van der Waals surface area contributed by atoms with E-state index < -0.39 is 27.3 Å². The van der Waals surface area contributed by atoms with Crippen LogP contribution in [0.25, 0.3) is 0 Å². The van der Waals surface area contributed by atoms with Crippen LogP contribution in [0.1, 0.15) is 43.0 Å². The second-order valence-corrected chi connectivity index (χ2v) is 7.03. The minimum Gasteiger partial charge on any atom is -0.872 e. The highest BCUT2D eigenvalue weighted by Crippen LogP contribution is 2.28. The van der Waals surface area contributed by atoms with E-state index in [4.69, 9.17) is 5.11 Å². The minimum absolute atomic E-state index is 0.0658. The number of piperidine rings is 1. The molecule has 0 radical (unpaired) electrons. The van der Waals surface area contributed by atoms with Crippen molar-refractivity contribution in [1.29, 1.82) is 0 Å². The first-order chi connectivity index (χ1) is 9.87. The van der Waals surface area contributed by atoms with Crippen LogP contribution in [0, 0.1) is 0 Å². The van der Waals surface area contributed by atoms with Crippen molar-refractivity contribution >= 4 is 16.0 Å². The number of hydrogen-bond acceptors (Lipinski definition) is 4. The van der Waals surface area contributed by atoms with Gasteiger partial charge in [0.15, 0.2) is 0 Å². The van der Waals surface area contributed by atoms with Crippen molar-refractivity contribution in [3.63, 3.8) is 0 Å². The number of carboxylic acids is 1. The largest absolute Gasteiger partial charge is 0.872 e. The molecule has 1 heterocycles. The SMILES string of the molecule is CC[C@H]1CCCCN1S(=O)(=O)c1ccc([O-])c(C(=O)O)c1. The van der Waals surface area contributed by atoms with Gasteiger partial charge in [0.25, 0.3) is 0 Å². The molecule has 0 saturated carbocycles. The number of hydrogen-bond donors (Lipinski definition) is 1. The summed E-state index contributed by atoms with van der Waals surface area (Å²) in [6.45, 7) is 2.37. The first kappa shape index (κ1) is 15.8. The first-order valence-corrected chi connectivity index (χ1v) is 8.38. The van der Waals surface area contributed by atoms with Crippen molar-refractivity contribution in [2.24, 2.45) is 0 Å². The van der Waals surface area contributed by atoms with E-state index >= 15 is 0 Å². The molecule has 1 atom stereocenters. The highest BCUT2D eigenvalue weighted by Gasteiger charge is 2.32. The summed E-state index contributed by atoms with van der Waals surface area (Å²) in [5, 5.41) is 20.4. The van der Waals surface area contributed by atoms with Crippen molar-refractivity contribution in [3.05, 3.63) is 23.8 Å². The topological polar surface area (TPSA) is 97.7 Å². The zero-order valence-electron chi connectivity index (χ0n) is 11.8. The quantitative estimate of drug-likeness (QED) is 0.906. The standard InChI is InChI=1S/C14H19NO5S/c1-2-10-5-3-4-8-15(10)21(19,20)11-6-7-13(16)12(9-11)14(17)18/h6-7,9-10,16H,2-5,8H2,1H3,(H,17,18)/p-1/t10-/m0/s1. The van der Waals surface area contributed by atoms with Crippen LogP contribution >= 0.6 is 0 Å². The first-order valence-electron chi connectivity index (χ1n) is 6.94. The molecule has 1 N–H and O–H groups in total. The maximum Gasteiger partial charge on any atom is 0.335 e. The molecule has 1 saturated heterocycles. The van der Waals surface area contributed by atoms with E-state index in [1.54, 1.807) is 0 Å². The highest BCUT2D eigenvalue weighted by molar-refractivity contribution is 7.89. The predicted octanol–water partition coefficient (Wildman–Crippen LogP) is 1.41. The van der Waals surface area contributed by atoms with Gasteiger partial charge in [-0.3, -0.25) is 0 Å². The van der Waals surface area contributed by atoms with Crippen LogP contribution in [0.5, 0.6) is 5.75 Å². The fourth-order valence-corrected chi connectivity index (χ4v) is 4.46. The lowest BCUT2D eigenvalue weighted by Gasteiger charge is -2.34. The van der Waals surface area contributed by atoms with Gasteiger partial charge in [-0.1, -0.05) is 25.2 Å². The van der Waals surface area contributed by atoms with E-state index in [1.165, 1.54) is 10.4 Å². The van der Waals surface area contributed by atoms with Gasteiger partial charge in [-0.15, -0.1) is 0 Å². The molecule has 0 amide bonds. The van der Waals surface area contributed by atoms with Crippen LogP contribution in [0.4, 0.5) is 0 Å². The number of benzene rings is 1. The smallest absolute Gasteiger partial charge is 0.335 e. The molecule has 6 nitrogen and oxygen atoms in total. The fraction of sp³-hybridized carbons (Fsp3) is 0.500. The average Bonchev–Trinajstić information content (AvgIpc) is 2.47. The molecule has 0 bridgehead atoms. The lowest BCUT2D eigenvalue weighted by atomic mass is 10.0. The van der Waals surface area contributed by atoms with Crippen LogP contribution in [0.15, 0.2) is 23.1 Å². The van der Waals surface area contributed by atoms with Gasteiger partial charge in [0.05, 0.1) is 10.5 Å². The van der Waals surface area contributed by atoms with Crippen LogP contribution < -0.4 is 5.11 Å². The molecule has 0 spiro atoms. The predicted molar refractivity (Wildman–Crippen MR) is 74.7 cm³/mol. The number of carbonyl (C=O) groups is 1. The van der Waals surface area contributed by atoms with E-state index in [0.29, 0.717) is 13.0 Å².